The molecule has 0 spiro atoms. The van der Waals surface area contributed by atoms with Gasteiger partial charge in [-0.05, 0) is 48.9 Å². The van der Waals surface area contributed by atoms with Crippen molar-refractivity contribution in [3.63, 3.8) is 0 Å². The smallest absolute Gasteiger partial charge is 0.277 e. The highest BCUT2D eigenvalue weighted by Crippen LogP contribution is 2.26. The Morgan fingerprint density at radius 3 is 2.35 bits per heavy atom. The van der Waals surface area contributed by atoms with Crippen molar-refractivity contribution in [2.24, 2.45) is 0 Å². The summed E-state index contributed by atoms with van der Waals surface area (Å²) in [5.74, 6) is -0.626. The third-order valence-electron chi connectivity index (χ3n) is 3.52. The molecule has 1 aromatic heterocycles. The van der Waals surface area contributed by atoms with Crippen LogP contribution in [0.4, 0.5) is 8.78 Å². The fourth-order valence-corrected chi connectivity index (χ4v) is 2.81. The molecule has 26 heavy (non-hydrogen) atoms. The fourth-order valence-electron chi connectivity index (χ4n) is 2.11. The molecule has 1 N–H and O–H groups in total. The summed E-state index contributed by atoms with van der Waals surface area (Å²) < 4.78 is 31.3. The van der Waals surface area contributed by atoms with Gasteiger partial charge in [0.25, 0.3) is 5.22 Å². The minimum absolute atomic E-state index is 0.208. The van der Waals surface area contributed by atoms with Gasteiger partial charge in [-0.3, -0.25) is 4.79 Å². The predicted octanol–water partition coefficient (Wildman–Crippen LogP) is 3.81. The molecule has 1 atom stereocenters. The molecule has 8 heteroatoms. The maximum absolute atomic E-state index is 12.9. The van der Waals surface area contributed by atoms with Gasteiger partial charge in [-0.15, -0.1) is 10.2 Å². The predicted molar refractivity (Wildman–Crippen MR) is 93.3 cm³/mol. The summed E-state index contributed by atoms with van der Waals surface area (Å²) in [5, 5.41) is 10.4. The molecule has 2 aromatic carbocycles. The Hall–Kier alpha value is -2.74. The zero-order chi connectivity index (χ0) is 18.5. The molecule has 1 heterocycles. The molecule has 5 nitrogen and oxygen atoms in total. The minimum Gasteiger partial charge on any atom is -0.411 e. The first-order chi connectivity index (χ1) is 12.5. The molecule has 134 valence electrons. The highest BCUT2D eigenvalue weighted by molar-refractivity contribution is 8.00. The molecule has 0 aliphatic heterocycles. The lowest BCUT2D eigenvalue weighted by Gasteiger charge is -2.09. The molecule has 0 aliphatic rings. The monoisotopic (exact) mass is 375 g/mol. The van der Waals surface area contributed by atoms with Crippen LogP contribution in [-0.2, 0) is 11.3 Å². The van der Waals surface area contributed by atoms with E-state index in [1.807, 2.05) is 0 Å². The first-order valence-corrected chi connectivity index (χ1v) is 8.67. The molecular formula is C18H15F2N3O2S. The maximum atomic E-state index is 12.9. The summed E-state index contributed by atoms with van der Waals surface area (Å²) in [5.41, 5.74) is 1.40. The second-order valence-corrected chi connectivity index (χ2v) is 6.78. The number of nitrogens with zero attached hydrogens (tertiary/aromatic N) is 2. The van der Waals surface area contributed by atoms with Crippen LogP contribution in [0.2, 0.25) is 0 Å². The highest BCUT2D eigenvalue weighted by atomic mass is 32.2. The quantitative estimate of drug-likeness (QED) is 0.664. The van der Waals surface area contributed by atoms with E-state index in [0.717, 1.165) is 17.3 Å². The number of rotatable bonds is 6. The Balaban J connectivity index is 1.55. The number of carbonyl (C=O) groups is 1. The van der Waals surface area contributed by atoms with E-state index >= 15 is 0 Å². The largest absolute Gasteiger partial charge is 0.411 e. The molecular weight excluding hydrogens is 360 g/mol. The van der Waals surface area contributed by atoms with Crippen LogP contribution >= 0.6 is 11.8 Å². The Kier molecular flexibility index (Phi) is 5.62. The number of hydrogen-bond acceptors (Lipinski definition) is 5. The van der Waals surface area contributed by atoms with Gasteiger partial charge in [-0.25, -0.2) is 8.78 Å². The lowest BCUT2D eigenvalue weighted by atomic mass is 10.2. The third kappa shape index (κ3) is 4.66. The summed E-state index contributed by atoms with van der Waals surface area (Å²) >= 11 is 1.12. The Morgan fingerprint density at radius 1 is 1.08 bits per heavy atom. The lowest BCUT2D eigenvalue weighted by Crippen LogP contribution is -2.30. The van der Waals surface area contributed by atoms with Crippen molar-refractivity contribution in [1.82, 2.24) is 15.5 Å². The van der Waals surface area contributed by atoms with Crippen LogP contribution in [-0.4, -0.2) is 21.4 Å². The van der Waals surface area contributed by atoms with Gasteiger partial charge in [-0.1, -0.05) is 23.9 Å². The zero-order valence-corrected chi connectivity index (χ0v) is 14.6. The molecule has 0 fully saturated rings. The van der Waals surface area contributed by atoms with Crippen molar-refractivity contribution >= 4 is 17.7 Å². The summed E-state index contributed by atoms with van der Waals surface area (Å²) in [6, 6.07) is 11.6. The molecule has 3 aromatic rings. The number of halogens is 2. The normalized spacial score (nSPS) is 12.0. The summed E-state index contributed by atoms with van der Waals surface area (Å²) in [6.07, 6.45) is 0. The summed E-state index contributed by atoms with van der Waals surface area (Å²) in [6.45, 7) is 2.01. The van der Waals surface area contributed by atoms with E-state index in [0.29, 0.717) is 12.1 Å². The number of nitrogens with one attached hydrogen (secondary N) is 1. The van der Waals surface area contributed by atoms with Gasteiger partial charge >= 0.3 is 0 Å². The molecule has 0 saturated carbocycles. The van der Waals surface area contributed by atoms with E-state index in [-0.39, 0.29) is 28.7 Å². The van der Waals surface area contributed by atoms with Crippen molar-refractivity contribution in [2.75, 3.05) is 0 Å². The second-order valence-electron chi connectivity index (χ2n) is 5.48. The van der Waals surface area contributed by atoms with Gasteiger partial charge < -0.3 is 9.73 Å². The SMILES string of the molecule is C[C@H](Sc1nnc(-c2ccc(F)cc2)o1)C(=O)NCc1ccc(F)cc1. The van der Waals surface area contributed by atoms with E-state index in [4.69, 9.17) is 4.42 Å². The van der Waals surface area contributed by atoms with Crippen LogP contribution in [0.15, 0.2) is 58.2 Å². The summed E-state index contributed by atoms with van der Waals surface area (Å²) in [4.78, 5) is 12.2. The number of aromatic nitrogens is 2. The highest BCUT2D eigenvalue weighted by Gasteiger charge is 2.18. The summed E-state index contributed by atoms with van der Waals surface area (Å²) in [7, 11) is 0. The van der Waals surface area contributed by atoms with E-state index in [2.05, 4.69) is 15.5 Å². The fraction of sp³-hybridized carbons (Fsp3) is 0.167. The van der Waals surface area contributed by atoms with Crippen LogP contribution in [0.25, 0.3) is 11.5 Å². The van der Waals surface area contributed by atoms with Crippen molar-refractivity contribution in [3.8, 4) is 11.5 Å². The molecule has 3 rings (SSSR count). The van der Waals surface area contributed by atoms with E-state index in [1.165, 1.54) is 36.4 Å². The van der Waals surface area contributed by atoms with Gasteiger partial charge in [0.05, 0.1) is 5.25 Å². The number of thioether (sulfide) groups is 1. The Labute approximate surface area is 152 Å². The van der Waals surface area contributed by atoms with Gasteiger partial charge in [0.2, 0.25) is 11.8 Å². The van der Waals surface area contributed by atoms with Crippen molar-refractivity contribution in [1.29, 1.82) is 0 Å². The van der Waals surface area contributed by atoms with Crippen LogP contribution in [0, 0.1) is 11.6 Å². The molecule has 0 radical (unpaired) electrons. The Bertz CT molecular complexity index is 882. The van der Waals surface area contributed by atoms with Crippen LogP contribution < -0.4 is 5.32 Å². The van der Waals surface area contributed by atoms with E-state index < -0.39 is 5.25 Å². The van der Waals surface area contributed by atoms with Gasteiger partial charge in [0, 0.05) is 12.1 Å². The average Bonchev–Trinajstić information content (AvgIpc) is 3.10. The number of hydrogen-bond donors (Lipinski definition) is 1. The van der Waals surface area contributed by atoms with Crippen molar-refractivity contribution in [3.05, 3.63) is 65.7 Å². The van der Waals surface area contributed by atoms with Crippen molar-refractivity contribution in [2.45, 2.75) is 23.9 Å². The van der Waals surface area contributed by atoms with Crippen molar-refractivity contribution < 1.29 is 18.0 Å². The first kappa shape index (κ1) is 18.1. The Morgan fingerprint density at radius 2 is 1.69 bits per heavy atom. The molecule has 0 saturated heterocycles. The number of benzene rings is 2. The topological polar surface area (TPSA) is 68.0 Å². The van der Waals surface area contributed by atoms with Crippen LogP contribution in [0.3, 0.4) is 0 Å². The van der Waals surface area contributed by atoms with Gasteiger partial charge in [0.15, 0.2) is 0 Å². The van der Waals surface area contributed by atoms with Crippen LogP contribution in [0.1, 0.15) is 12.5 Å². The lowest BCUT2D eigenvalue weighted by molar-refractivity contribution is -0.120. The molecule has 1 amide bonds. The van der Waals surface area contributed by atoms with E-state index in [1.54, 1.807) is 19.1 Å². The molecule has 0 bridgehead atoms. The maximum Gasteiger partial charge on any atom is 0.277 e. The first-order valence-electron chi connectivity index (χ1n) is 7.79. The minimum atomic E-state index is -0.461. The van der Waals surface area contributed by atoms with Crippen LogP contribution in [0.5, 0.6) is 0 Å². The zero-order valence-electron chi connectivity index (χ0n) is 13.8. The number of amides is 1. The molecule has 0 unspecified atom stereocenters. The van der Waals surface area contributed by atoms with Gasteiger partial charge in [0.1, 0.15) is 11.6 Å². The average molecular weight is 375 g/mol. The third-order valence-corrected chi connectivity index (χ3v) is 4.46. The second kappa shape index (κ2) is 8.09. The molecule has 0 aliphatic carbocycles. The standard InChI is InChI=1S/C18H15F2N3O2S/c1-11(16(24)21-10-12-2-6-14(19)7-3-12)26-18-23-22-17(25-18)13-4-8-15(20)9-5-13/h2-9,11H,10H2,1H3,(H,21,24)/t11-/m0/s1. The number of carbonyl (C=O) groups excluding carboxylic acids is 1. The van der Waals surface area contributed by atoms with Gasteiger partial charge in [-0.2, -0.15) is 0 Å². The van der Waals surface area contributed by atoms with E-state index in [9.17, 15) is 13.6 Å².